The van der Waals surface area contributed by atoms with Crippen molar-refractivity contribution in [1.82, 2.24) is 10.2 Å². The summed E-state index contributed by atoms with van der Waals surface area (Å²) in [5.74, 6) is -1.70. The number of nitrogens with two attached hydrogens (primary N) is 1. The first-order chi connectivity index (χ1) is 7.52. The van der Waals surface area contributed by atoms with E-state index in [1.54, 1.807) is 0 Å². The number of hydrogen-bond acceptors (Lipinski definition) is 5. The van der Waals surface area contributed by atoms with Crippen molar-refractivity contribution in [3.63, 3.8) is 0 Å². The predicted molar refractivity (Wildman–Crippen MR) is 60.5 cm³/mol. The molecule has 0 aliphatic heterocycles. The van der Waals surface area contributed by atoms with Crippen LogP contribution in [-0.2, 0) is 9.59 Å². The predicted octanol–water partition coefficient (Wildman–Crippen LogP) is -2.80. The van der Waals surface area contributed by atoms with E-state index in [0.29, 0.717) is 0 Å². The summed E-state index contributed by atoms with van der Waals surface area (Å²) in [6, 6.07) is 0. The smallest absolute Gasteiger partial charge is 0.312 e. The molecule has 2 amide bonds. The average Bonchev–Trinajstić information content (AvgIpc) is 2.24. The first kappa shape index (κ1) is 14.8. The van der Waals surface area contributed by atoms with Crippen molar-refractivity contribution in [2.45, 2.75) is 0 Å². The summed E-state index contributed by atoms with van der Waals surface area (Å²) in [6.07, 6.45) is 0. The van der Waals surface area contributed by atoms with Crippen molar-refractivity contribution in [3.05, 3.63) is 0 Å². The number of rotatable bonds is 6. The maximum Gasteiger partial charge on any atom is 0.312 e. The van der Waals surface area contributed by atoms with Crippen molar-refractivity contribution in [2.24, 2.45) is 5.73 Å². The molecule has 7 nitrogen and oxygen atoms in total. The van der Waals surface area contributed by atoms with E-state index < -0.39 is 11.8 Å². The molecule has 0 atom stereocenters. The summed E-state index contributed by atoms with van der Waals surface area (Å²) in [5.41, 5.74) is 5.15. The van der Waals surface area contributed by atoms with Gasteiger partial charge in [0.25, 0.3) is 0 Å². The highest BCUT2D eigenvalue weighted by atomic mass is 32.1. The first-order valence-corrected chi connectivity index (χ1v) is 5.00. The lowest BCUT2D eigenvalue weighted by molar-refractivity contribution is -0.146. The van der Waals surface area contributed by atoms with Crippen LogP contribution in [0.2, 0.25) is 0 Å². The standard InChI is InChI=1S/C8H15N3O4S/c9-6(16)5-10-7(14)8(15)11(1-3-12)2-4-13/h12-13H,1-5H2,(H2,9,16)(H,10,14). The number of thiocarbonyl (C=S) groups is 1. The summed E-state index contributed by atoms with van der Waals surface area (Å²) < 4.78 is 0. The molecule has 0 radical (unpaired) electrons. The summed E-state index contributed by atoms with van der Waals surface area (Å²) in [7, 11) is 0. The van der Waals surface area contributed by atoms with E-state index >= 15 is 0 Å². The van der Waals surface area contributed by atoms with Gasteiger partial charge >= 0.3 is 11.8 Å². The van der Waals surface area contributed by atoms with Crippen molar-refractivity contribution in [3.8, 4) is 0 Å². The largest absolute Gasteiger partial charge is 0.395 e. The lowest BCUT2D eigenvalue weighted by Crippen LogP contribution is -2.46. The zero-order valence-corrected chi connectivity index (χ0v) is 9.50. The number of carbonyl (C=O) groups excluding carboxylic acids is 2. The van der Waals surface area contributed by atoms with E-state index in [-0.39, 0.29) is 37.8 Å². The van der Waals surface area contributed by atoms with Gasteiger partial charge in [0.2, 0.25) is 0 Å². The molecule has 0 bridgehead atoms. The van der Waals surface area contributed by atoms with Crippen molar-refractivity contribution in [2.75, 3.05) is 32.8 Å². The van der Waals surface area contributed by atoms with Gasteiger partial charge in [0.15, 0.2) is 0 Å². The van der Waals surface area contributed by atoms with Gasteiger partial charge in [-0.1, -0.05) is 12.2 Å². The Balaban J connectivity index is 4.25. The second-order valence-electron chi connectivity index (χ2n) is 2.89. The van der Waals surface area contributed by atoms with E-state index in [1.165, 1.54) is 0 Å². The quantitative estimate of drug-likeness (QED) is 0.298. The molecule has 0 rings (SSSR count). The molecule has 0 aliphatic rings. The third-order valence-electron chi connectivity index (χ3n) is 1.64. The van der Waals surface area contributed by atoms with Crippen LogP contribution in [-0.4, -0.2) is 64.8 Å². The lowest BCUT2D eigenvalue weighted by Gasteiger charge is -2.19. The van der Waals surface area contributed by atoms with Gasteiger partial charge in [0.1, 0.15) is 0 Å². The molecule has 5 N–H and O–H groups in total. The van der Waals surface area contributed by atoms with Gasteiger partial charge in [-0.2, -0.15) is 0 Å². The van der Waals surface area contributed by atoms with Crippen molar-refractivity contribution >= 4 is 29.0 Å². The topological polar surface area (TPSA) is 116 Å². The van der Waals surface area contributed by atoms with Crippen molar-refractivity contribution < 1.29 is 19.8 Å². The second-order valence-corrected chi connectivity index (χ2v) is 3.41. The molecule has 0 spiro atoms. The van der Waals surface area contributed by atoms with Crippen LogP contribution in [0.15, 0.2) is 0 Å². The van der Waals surface area contributed by atoms with Gasteiger partial charge in [-0.25, -0.2) is 0 Å². The fraction of sp³-hybridized carbons (Fsp3) is 0.625. The zero-order valence-electron chi connectivity index (χ0n) is 8.68. The third-order valence-corrected chi connectivity index (χ3v) is 1.79. The highest BCUT2D eigenvalue weighted by Crippen LogP contribution is 1.89. The molecule has 92 valence electrons. The molecule has 0 saturated carbocycles. The molecule has 0 aliphatic carbocycles. The van der Waals surface area contributed by atoms with Gasteiger partial charge in [-0.3, -0.25) is 9.59 Å². The summed E-state index contributed by atoms with van der Waals surface area (Å²) >= 11 is 4.53. The fourth-order valence-electron chi connectivity index (χ4n) is 0.943. The molecule has 0 fully saturated rings. The molecule has 0 aromatic heterocycles. The third kappa shape index (κ3) is 5.59. The molecule has 0 heterocycles. The number of hydrogen-bond donors (Lipinski definition) is 4. The lowest BCUT2D eigenvalue weighted by atomic mass is 10.4. The van der Waals surface area contributed by atoms with Gasteiger partial charge in [-0.05, 0) is 0 Å². The Labute approximate surface area is 98.2 Å². The Hall–Kier alpha value is -1.25. The Morgan fingerprint density at radius 2 is 1.75 bits per heavy atom. The van der Waals surface area contributed by atoms with E-state index in [0.717, 1.165) is 4.90 Å². The normalized spacial score (nSPS) is 9.62. The SMILES string of the molecule is NC(=S)CNC(=O)C(=O)N(CCO)CCO. The van der Waals surface area contributed by atoms with Crippen LogP contribution in [0.5, 0.6) is 0 Å². The Morgan fingerprint density at radius 3 is 2.12 bits per heavy atom. The maximum atomic E-state index is 11.4. The monoisotopic (exact) mass is 249 g/mol. The number of aliphatic hydroxyl groups is 2. The van der Waals surface area contributed by atoms with Crippen LogP contribution in [0, 0.1) is 0 Å². The summed E-state index contributed by atoms with van der Waals surface area (Å²) in [4.78, 5) is 23.8. The van der Waals surface area contributed by atoms with Gasteiger partial charge < -0.3 is 26.2 Å². The van der Waals surface area contributed by atoms with Crippen molar-refractivity contribution in [1.29, 1.82) is 0 Å². The molecule has 8 heteroatoms. The van der Waals surface area contributed by atoms with Crippen LogP contribution in [0.25, 0.3) is 0 Å². The number of aliphatic hydroxyl groups excluding tert-OH is 2. The van der Waals surface area contributed by atoms with E-state index in [9.17, 15) is 9.59 Å². The Kier molecular flexibility index (Phi) is 7.34. The van der Waals surface area contributed by atoms with Gasteiger partial charge in [0, 0.05) is 13.1 Å². The maximum absolute atomic E-state index is 11.4. The minimum Gasteiger partial charge on any atom is -0.395 e. The Morgan fingerprint density at radius 1 is 1.25 bits per heavy atom. The number of amides is 2. The zero-order chi connectivity index (χ0) is 12.6. The first-order valence-electron chi connectivity index (χ1n) is 4.60. The molecule has 0 saturated heterocycles. The highest BCUT2D eigenvalue weighted by Gasteiger charge is 2.20. The van der Waals surface area contributed by atoms with Crippen LogP contribution in [0.4, 0.5) is 0 Å². The van der Waals surface area contributed by atoms with Crippen LogP contribution in [0.3, 0.4) is 0 Å². The number of carbonyl (C=O) groups is 2. The Bertz CT molecular complexity index is 266. The fourth-order valence-corrected chi connectivity index (χ4v) is 1.02. The average molecular weight is 249 g/mol. The van der Waals surface area contributed by atoms with E-state index in [4.69, 9.17) is 15.9 Å². The summed E-state index contributed by atoms with van der Waals surface area (Å²) in [6.45, 7) is -0.658. The number of nitrogens with one attached hydrogen (secondary N) is 1. The highest BCUT2D eigenvalue weighted by molar-refractivity contribution is 7.80. The molecule has 0 aromatic rings. The second kappa shape index (κ2) is 7.97. The molecular weight excluding hydrogens is 234 g/mol. The van der Waals surface area contributed by atoms with Crippen LogP contribution < -0.4 is 11.1 Å². The molecule has 16 heavy (non-hydrogen) atoms. The minimum atomic E-state index is -0.866. The van der Waals surface area contributed by atoms with Gasteiger partial charge in [-0.15, -0.1) is 0 Å². The summed E-state index contributed by atoms with van der Waals surface area (Å²) in [5, 5.41) is 19.5. The van der Waals surface area contributed by atoms with E-state index in [2.05, 4.69) is 17.5 Å². The van der Waals surface area contributed by atoms with E-state index in [1.807, 2.05) is 0 Å². The minimum absolute atomic E-state index is 0.0140. The van der Waals surface area contributed by atoms with Crippen LogP contribution in [0.1, 0.15) is 0 Å². The molecular formula is C8H15N3O4S. The molecule has 0 aromatic carbocycles. The van der Waals surface area contributed by atoms with Crippen LogP contribution >= 0.6 is 12.2 Å². The number of nitrogens with zero attached hydrogens (tertiary/aromatic N) is 1. The van der Waals surface area contributed by atoms with Gasteiger partial charge in [0.05, 0.1) is 24.7 Å². The molecule has 0 unspecified atom stereocenters.